The highest BCUT2D eigenvalue weighted by atomic mass is 32.2. The first-order chi connectivity index (χ1) is 9.67. The second kappa shape index (κ2) is 9.80. The fourth-order valence-corrected chi connectivity index (χ4v) is 2.58. The number of thioether (sulfide) groups is 1. The summed E-state index contributed by atoms with van der Waals surface area (Å²) < 4.78 is 4.89. The van der Waals surface area contributed by atoms with Crippen LogP contribution in [-0.2, 0) is 9.53 Å². The molecule has 1 amide bonds. The van der Waals surface area contributed by atoms with Crippen molar-refractivity contribution in [2.24, 2.45) is 0 Å². The molecule has 0 saturated heterocycles. The van der Waals surface area contributed by atoms with Gasteiger partial charge in [0.15, 0.2) is 0 Å². The van der Waals surface area contributed by atoms with E-state index in [1.165, 1.54) is 5.56 Å². The lowest BCUT2D eigenvalue weighted by Crippen LogP contribution is -2.28. The summed E-state index contributed by atoms with van der Waals surface area (Å²) in [6.07, 6.45) is 0. The van der Waals surface area contributed by atoms with Crippen LogP contribution in [-0.4, -0.2) is 38.5 Å². The van der Waals surface area contributed by atoms with Gasteiger partial charge in [-0.15, -0.1) is 11.8 Å². The van der Waals surface area contributed by atoms with E-state index in [0.717, 1.165) is 11.4 Å². The van der Waals surface area contributed by atoms with Crippen molar-refractivity contribution < 1.29 is 9.53 Å². The van der Waals surface area contributed by atoms with Crippen LogP contribution in [0.3, 0.4) is 0 Å². The van der Waals surface area contributed by atoms with Gasteiger partial charge in [0, 0.05) is 24.6 Å². The molecule has 1 aromatic rings. The Morgan fingerprint density at radius 3 is 2.95 bits per heavy atom. The first-order valence-electron chi connectivity index (χ1n) is 6.89. The summed E-state index contributed by atoms with van der Waals surface area (Å²) in [5, 5.41) is 6.20. The number of amides is 1. The van der Waals surface area contributed by atoms with Gasteiger partial charge in [0.25, 0.3) is 0 Å². The van der Waals surface area contributed by atoms with Crippen LogP contribution in [0.15, 0.2) is 29.2 Å². The lowest BCUT2D eigenvalue weighted by molar-refractivity contribution is -0.118. The molecule has 0 bridgehead atoms. The molecule has 1 unspecified atom stereocenters. The van der Waals surface area contributed by atoms with Gasteiger partial charge in [-0.2, -0.15) is 0 Å². The normalized spacial score (nSPS) is 12.2. The Hall–Kier alpha value is -1.04. The average Bonchev–Trinajstić information content (AvgIpc) is 2.46. The molecule has 4 nitrogen and oxygen atoms in total. The third-order valence-corrected chi connectivity index (χ3v) is 3.86. The van der Waals surface area contributed by atoms with Crippen molar-refractivity contribution in [3.05, 3.63) is 29.8 Å². The van der Waals surface area contributed by atoms with Gasteiger partial charge in [-0.05, 0) is 31.2 Å². The smallest absolute Gasteiger partial charge is 0.230 e. The predicted molar refractivity (Wildman–Crippen MR) is 84.1 cm³/mol. The van der Waals surface area contributed by atoms with Gasteiger partial charge in [-0.25, -0.2) is 0 Å². The summed E-state index contributed by atoms with van der Waals surface area (Å²) >= 11 is 1.56. The first kappa shape index (κ1) is 17.0. The van der Waals surface area contributed by atoms with E-state index in [2.05, 4.69) is 36.6 Å². The SMILES string of the molecule is CCNC(C)c1cccc(SCC(=O)NCCOC)c1. The molecule has 0 radical (unpaired) electrons. The molecule has 0 aromatic heterocycles. The molecule has 1 atom stereocenters. The Bertz CT molecular complexity index is 413. The van der Waals surface area contributed by atoms with Crippen LogP contribution in [0.2, 0.25) is 0 Å². The Labute approximate surface area is 125 Å². The number of carbonyl (C=O) groups excluding carboxylic acids is 1. The van der Waals surface area contributed by atoms with Crippen molar-refractivity contribution in [2.45, 2.75) is 24.8 Å². The number of nitrogens with one attached hydrogen (secondary N) is 2. The molecule has 1 aromatic carbocycles. The molecule has 0 aliphatic rings. The van der Waals surface area contributed by atoms with Gasteiger partial charge in [0.05, 0.1) is 12.4 Å². The number of hydrogen-bond donors (Lipinski definition) is 2. The molecule has 0 fully saturated rings. The van der Waals surface area contributed by atoms with Gasteiger partial charge < -0.3 is 15.4 Å². The van der Waals surface area contributed by atoms with Crippen molar-refractivity contribution >= 4 is 17.7 Å². The van der Waals surface area contributed by atoms with Crippen LogP contribution in [0, 0.1) is 0 Å². The van der Waals surface area contributed by atoms with Crippen molar-refractivity contribution in [3.8, 4) is 0 Å². The maximum absolute atomic E-state index is 11.6. The number of rotatable bonds is 9. The van der Waals surface area contributed by atoms with E-state index >= 15 is 0 Å². The molecule has 20 heavy (non-hydrogen) atoms. The van der Waals surface area contributed by atoms with E-state index in [4.69, 9.17) is 4.74 Å². The van der Waals surface area contributed by atoms with Crippen LogP contribution in [0.1, 0.15) is 25.5 Å². The minimum atomic E-state index is 0.0391. The molecular weight excluding hydrogens is 272 g/mol. The molecule has 0 aliphatic carbocycles. The van der Waals surface area contributed by atoms with E-state index < -0.39 is 0 Å². The van der Waals surface area contributed by atoms with Gasteiger partial charge in [0.2, 0.25) is 5.91 Å². The van der Waals surface area contributed by atoms with Crippen molar-refractivity contribution in [1.29, 1.82) is 0 Å². The Balaban J connectivity index is 2.44. The minimum absolute atomic E-state index is 0.0391. The fraction of sp³-hybridized carbons (Fsp3) is 0.533. The zero-order chi connectivity index (χ0) is 14.8. The van der Waals surface area contributed by atoms with Crippen LogP contribution >= 0.6 is 11.8 Å². The highest BCUT2D eigenvalue weighted by Gasteiger charge is 2.06. The third kappa shape index (κ3) is 6.41. The topological polar surface area (TPSA) is 50.4 Å². The maximum Gasteiger partial charge on any atom is 0.230 e. The van der Waals surface area contributed by atoms with Crippen LogP contribution < -0.4 is 10.6 Å². The zero-order valence-electron chi connectivity index (χ0n) is 12.4. The zero-order valence-corrected chi connectivity index (χ0v) is 13.3. The molecule has 5 heteroatoms. The van der Waals surface area contributed by atoms with E-state index in [1.54, 1.807) is 18.9 Å². The monoisotopic (exact) mass is 296 g/mol. The van der Waals surface area contributed by atoms with Crippen LogP contribution in [0.25, 0.3) is 0 Å². The number of hydrogen-bond acceptors (Lipinski definition) is 4. The number of ether oxygens (including phenoxy) is 1. The van der Waals surface area contributed by atoms with Gasteiger partial charge in [0.1, 0.15) is 0 Å². The van der Waals surface area contributed by atoms with E-state index in [1.807, 2.05) is 12.1 Å². The summed E-state index contributed by atoms with van der Waals surface area (Å²) in [4.78, 5) is 12.7. The third-order valence-electron chi connectivity index (χ3n) is 2.87. The minimum Gasteiger partial charge on any atom is -0.383 e. The second-order valence-corrected chi connectivity index (χ2v) is 5.53. The standard InChI is InChI=1S/C15H24N2O2S/c1-4-16-12(2)13-6-5-7-14(10-13)20-11-15(18)17-8-9-19-3/h5-7,10,12,16H,4,8-9,11H2,1-3H3,(H,17,18). The highest BCUT2D eigenvalue weighted by molar-refractivity contribution is 8.00. The van der Waals surface area contributed by atoms with Crippen LogP contribution in [0.4, 0.5) is 0 Å². The Kier molecular flexibility index (Phi) is 8.34. The lowest BCUT2D eigenvalue weighted by atomic mass is 10.1. The van der Waals surface area contributed by atoms with Crippen LogP contribution in [0.5, 0.6) is 0 Å². The summed E-state index contributed by atoms with van der Waals surface area (Å²) in [6.45, 7) is 6.30. The average molecular weight is 296 g/mol. The van der Waals surface area contributed by atoms with E-state index in [-0.39, 0.29) is 5.91 Å². The summed E-state index contributed by atoms with van der Waals surface area (Å²) in [5.41, 5.74) is 1.25. The molecular formula is C15H24N2O2S. The molecule has 1 rings (SSSR count). The van der Waals surface area contributed by atoms with E-state index in [9.17, 15) is 4.79 Å². The first-order valence-corrected chi connectivity index (χ1v) is 7.87. The second-order valence-electron chi connectivity index (χ2n) is 4.48. The lowest BCUT2D eigenvalue weighted by Gasteiger charge is -2.13. The molecule has 0 heterocycles. The highest BCUT2D eigenvalue weighted by Crippen LogP contribution is 2.22. The predicted octanol–water partition coefficient (Wildman–Crippen LogP) is 2.21. The van der Waals surface area contributed by atoms with Gasteiger partial charge in [-0.1, -0.05) is 19.1 Å². The van der Waals surface area contributed by atoms with Gasteiger partial charge in [-0.3, -0.25) is 4.79 Å². The molecule has 0 aliphatic heterocycles. The molecule has 2 N–H and O–H groups in total. The van der Waals surface area contributed by atoms with Crippen molar-refractivity contribution in [1.82, 2.24) is 10.6 Å². The number of carbonyl (C=O) groups is 1. The van der Waals surface area contributed by atoms with Crippen molar-refractivity contribution in [3.63, 3.8) is 0 Å². The van der Waals surface area contributed by atoms with Crippen molar-refractivity contribution in [2.75, 3.05) is 32.6 Å². The summed E-state index contributed by atoms with van der Waals surface area (Å²) in [7, 11) is 1.62. The molecule has 112 valence electrons. The number of benzene rings is 1. The maximum atomic E-state index is 11.6. The largest absolute Gasteiger partial charge is 0.383 e. The quantitative estimate of drug-likeness (QED) is 0.542. The number of methoxy groups -OCH3 is 1. The Morgan fingerprint density at radius 1 is 1.45 bits per heavy atom. The summed E-state index contributed by atoms with van der Waals surface area (Å²) in [6, 6.07) is 8.65. The van der Waals surface area contributed by atoms with E-state index in [0.29, 0.717) is 24.9 Å². The molecule has 0 spiro atoms. The fourth-order valence-electron chi connectivity index (χ4n) is 1.79. The van der Waals surface area contributed by atoms with Gasteiger partial charge >= 0.3 is 0 Å². The summed E-state index contributed by atoms with van der Waals surface area (Å²) in [5.74, 6) is 0.472. The molecule has 0 saturated carbocycles. The Morgan fingerprint density at radius 2 is 2.25 bits per heavy atom.